The summed E-state index contributed by atoms with van der Waals surface area (Å²) in [6.07, 6.45) is 1.93. The Balaban J connectivity index is 5.10. The van der Waals surface area contributed by atoms with Crippen LogP contribution in [-0.4, -0.2) is 12.3 Å². The number of hydrogen-bond acceptors (Lipinski definition) is 3. The van der Waals surface area contributed by atoms with Gasteiger partial charge in [-0.15, -0.1) is 0 Å². The monoisotopic (exact) mass is 222 g/mol. The molecule has 3 heteroatoms. The summed E-state index contributed by atoms with van der Waals surface area (Å²) in [7, 11) is 0. The summed E-state index contributed by atoms with van der Waals surface area (Å²) in [5.74, 6) is -0.621. The first-order chi connectivity index (χ1) is 7.31. The van der Waals surface area contributed by atoms with Crippen molar-refractivity contribution in [1.82, 2.24) is 0 Å². The molecule has 0 saturated heterocycles. The summed E-state index contributed by atoms with van der Waals surface area (Å²) in [4.78, 5) is 11.5. The molecule has 0 spiro atoms. The molecule has 0 radical (unpaired) electrons. The number of hydrogen-bond donors (Lipinski definition) is 2. The predicted octanol–water partition coefficient (Wildman–Crippen LogP) is 1.76. The van der Waals surface area contributed by atoms with Crippen LogP contribution in [0.4, 0.5) is 0 Å². The van der Waals surface area contributed by atoms with E-state index in [2.05, 4.69) is 13.2 Å². The van der Waals surface area contributed by atoms with Gasteiger partial charge in [0.1, 0.15) is 5.78 Å². The summed E-state index contributed by atoms with van der Waals surface area (Å²) in [6.45, 7) is 13.4. The van der Waals surface area contributed by atoms with Crippen molar-refractivity contribution in [3.63, 3.8) is 0 Å². The second-order valence-corrected chi connectivity index (χ2v) is 4.30. The third-order valence-corrected chi connectivity index (χ3v) is 2.44. The fourth-order valence-electron chi connectivity index (χ4n) is 1.78. The van der Waals surface area contributed by atoms with Gasteiger partial charge in [0.15, 0.2) is 0 Å². The SMILES string of the molecule is C=C(N)[C@@H](C(C)=O)[C@H](CN)C(=C)C=C(C)C. The molecule has 90 valence electrons. The van der Waals surface area contributed by atoms with Gasteiger partial charge in [0, 0.05) is 18.2 Å². The second-order valence-electron chi connectivity index (χ2n) is 4.30. The van der Waals surface area contributed by atoms with Crippen molar-refractivity contribution in [2.45, 2.75) is 20.8 Å². The molecule has 0 aliphatic rings. The fraction of sp³-hybridized carbons (Fsp3) is 0.462. The molecule has 0 saturated carbocycles. The van der Waals surface area contributed by atoms with Crippen molar-refractivity contribution in [3.05, 3.63) is 36.1 Å². The third kappa shape index (κ3) is 4.03. The Morgan fingerprint density at radius 1 is 1.31 bits per heavy atom. The number of rotatable bonds is 6. The maximum Gasteiger partial charge on any atom is 0.139 e. The molecular weight excluding hydrogens is 200 g/mol. The molecular formula is C13H22N2O. The van der Waals surface area contributed by atoms with E-state index in [1.807, 2.05) is 19.9 Å². The Kier molecular flexibility index (Phi) is 5.75. The maximum atomic E-state index is 11.5. The lowest BCUT2D eigenvalue weighted by atomic mass is 9.81. The zero-order chi connectivity index (χ0) is 12.9. The average Bonchev–Trinajstić information content (AvgIpc) is 2.10. The highest BCUT2D eigenvalue weighted by atomic mass is 16.1. The van der Waals surface area contributed by atoms with E-state index in [0.29, 0.717) is 12.2 Å². The van der Waals surface area contributed by atoms with Crippen molar-refractivity contribution in [2.24, 2.45) is 23.3 Å². The van der Waals surface area contributed by atoms with Gasteiger partial charge in [0.25, 0.3) is 0 Å². The normalized spacial score (nSPS) is 13.8. The van der Waals surface area contributed by atoms with E-state index in [-0.39, 0.29) is 11.7 Å². The van der Waals surface area contributed by atoms with Gasteiger partial charge >= 0.3 is 0 Å². The van der Waals surface area contributed by atoms with Crippen molar-refractivity contribution < 1.29 is 4.79 Å². The zero-order valence-corrected chi connectivity index (χ0v) is 10.4. The lowest BCUT2D eigenvalue weighted by molar-refractivity contribution is -0.120. The molecule has 0 amide bonds. The van der Waals surface area contributed by atoms with Crippen LogP contribution in [0, 0.1) is 11.8 Å². The molecule has 0 aliphatic heterocycles. The van der Waals surface area contributed by atoms with Crippen molar-refractivity contribution in [2.75, 3.05) is 6.54 Å². The van der Waals surface area contributed by atoms with Gasteiger partial charge in [0.2, 0.25) is 0 Å². The van der Waals surface area contributed by atoms with Gasteiger partial charge < -0.3 is 11.5 Å². The van der Waals surface area contributed by atoms with E-state index in [0.717, 1.165) is 11.1 Å². The van der Waals surface area contributed by atoms with E-state index in [4.69, 9.17) is 11.5 Å². The molecule has 0 rings (SSSR count). The Morgan fingerprint density at radius 3 is 2.06 bits per heavy atom. The number of allylic oxidation sites excluding steroid dienone is 3. The Hall–Kier alpha value is -1.35. The first-order valence-electron chi connectivity index (χ1n) is 5.29. The minimum absolute atomic E-state index is 0.0220. The lowest BCUT2D eigenvalue weighted by Gasteiger charge is -2.24. The van der Waals surface area contributed by atoms with Gasteiger partial charge in [-0.05, 0) is 26.3 Å². The summed E-state index contributed by atoms with van der Waals surface area (Å²) >= 11 is 0. The van der Waals surface area contributed by atoms with Crippen LogP contribution in [0.3, 0.4) is 0 Å². The number of carbonyl (C=O) groups excluding carboxylic acids is 1. The molecule has 0 unspecified atom stereocenters. The van der Waals surface area contributed by atoms with Crippen LogP contribution >= 0.6 is 0 Å². The highest BCUT2D eigenvalue weighted by Crippen LogP contribution is 2.25. The van der Waals surface area contributed by atoms with Gasteiger partial charge in [-0.3, -0.25) is 4.79 Å². The predicted molar refractivity (Wildman–Crippen MR) is 68.6 cm³/mol. The van der Waals surface area contributed by atoms with E-state index in [1.165, 1.54) is 6.92 Å². The maximum absolute atomic E-state index is 11.5. The van der Waals surface area contributed by atoms with Crippen LogP contribution in [0.15, 0.2) is 36.1 Å². The second kappa shape index (κ2) is 6.28. The van der Waals surface area contributed by atoms with E-state index >= 15 is 0 Å². The molecule has 0 aliphatic carbocycles. The molecule has 0 aromatic carbocycles. The van der Waals surface area contributed by atoms with Crippen LogP contribution in [-0.2, 0) is 4.79 Å². The molecule has 0 aromatic rings. The van der Waals surface area contributed by atoms with Crippen LogP contribution in [0.25, 0.3) is 0 Å². The van der Waals surface area contributed by atoms with E-state index in [9.17, 15) is 4.79 Å². The highest BCUT2D eigenvalue weighted by molar-refractivity contribution is 5.81. The zero-order valence-electron chi connectivity index (χ0n) is 10.4. The van der Waals surface area contributed by atoms with Crippen LogP contribution < -0.4 is 11.5 Å². The summed E-state index contributed by atoms with van der Waals surface area (Å²) in [5, 5.41) is 0. The summed E-state index contributed by atoms with van der Waals surface area (Å²) in [6, 6.07) is 0. The topological polar surface area (TPSA) is 69.1 Å². The summed E-state index contributed by atoms with van der Waals surface area (Å²) < 4.78 is 0. The first kappa shape index (κ1) is 14.6. The molecule has 2 atom stereocenters. The number of carbonyl (C=O) groups is 1. The third-order valence-electron chi connectivity index (χ3n) is 2.44. The largest absolute Gasteiger partial charge is 0.402 e. The number of nitrogens with two attached hydrogens (primary N) is 2. The Morgan fingerprint density at radius 2 is 1.81 bits per heavy atom. The van der Waals surface area contributed by atoms with Gasteiger partial charge in [-0.1, -0.05) is 24.8 Å². The van der Waals surface area contributed by atoms with Gasteiger partial charge in [-0.2, -0.15) is 0 Å². The van der Waals surface area contributed by atoms with E-state index < -0.39 is 5.92 Å². The Labute approximate surface area is 97.9 Å². The molecule has 4 N–H and O–H groups in total. The Bertz CT molecular complexity index is 311. The van der Waals surface area contributed by atoms with Crippen molar-refractivity contribution >= 4 is 5.78 Å². The standard InChI is InChI=1S/C13H22N2O/c1-8(2)6-9(3)12(7-14)13(10(4)15)11(5)16/h6,12-13H,3-4,7,14-15H2,1-2,5H3/t12-,13+/m1/s1. The fourth-order valence-corrected chi connectivity index (χ4v) is 1.78. The van der Waals surface area contributed by atoms with Gasteiger partial charge in [0.05, 0.1) is 5.92 Å². The van der Waals surface area contributed by atoms with Crippen LogP contribution in [0.5, 0.6) is 0 Å². The van der Waals surface area contributed by atoms with Crippen LogP contribution in [0.1, 0.15) is 20.8 Å². The molecule has 16 heavy (non-hydrogen) atoms. The lowest BCUT2D eigenvalue weighted by Crippen LogP contribution is -2.33. The smallest absolute Gasteiger partial charge is 0.139 e. The number of ketones is 1. The molecule has 0 bridgehead atoms. The van der Waals surface area contributed by atoms with Crippen molar-refractivity contribution in [3.8, 4) is 0 Å². The summed E-state index contributed by atoms with van der Waals surface area (Å²) in [5.41, 5.74) is 13.6. The van der Waals surface area contributed by atoms with Crippen molar-refractivity contribution in [1.29, 1.82) is 0 Å². The average molecular weight is 222 g/mol. The number of Topliss-reactive ketones (excluding diaryl/α,β-unsaturated/α-hetero) is 1. The molecule has 0 fully saturated rings. The molecule has 3 nitrogen and oxygen atoms in total. The van der Waals surface area contributed by atoms with E-state index in [1.54, 1.807) is 0 Å². The minimum atomic E-state index is -0.437. The molecule has 0 aromatic heterocycles. The van der Waals surface area contributed by atoms with Gasteiger partial charge in [-0.25, -0.2) is 0 Å². The molecule has 0 heterocycles. The minimum Gasteiger partial charge on any atom is -0.402 e. The first-order valence-corrected chi connectivity index (χ1v) is 5.29. The quantitative estimate of drug-likeness (QED) is 0.673. The van der Waals surface area contributed by atoms with Crippen LogP contribution in [0.2, 0.25) is 0 Å². The highest BCUT2D eigenvalue weighted by Gasteiger charge is 2.27.